The predicted octanol–water partition coefficient (Wildman–Crippen LogP) is 4.04. The molecule has 0 fully saturated rings. The molecule has 19 heavy (non-hydrogen) atoms. The summed E-state index contributed by atoms with van der Waals surface area (Å²) in [5.74, 6) is 0.349. The lowest BCUT2D eigenvalue weighted by Crippen LogP contribution is -1.96. The van der Waals surface area contributed by atoms with Crippen molar-refractivity contribution < 1.29 is 9.53 Å². The maximum absolute atomic E-state index is 11.8. The summed E-state index contributed by atoms with van der Waals surface area (Å²) < 4.78 is 5.28. The second kappa shape index (κ2) is 4.86. The van der Waals surface area contributed by atoms with Crippen LogP contribution in [0.2, 0.25) is 0 Å². The molecule has 0 spiro atoms. The molecule has 2 aromatic rings. The van der Waals surface area contributed by atoms with Crippen LogP contribution in [0.1, 0.15) is 16.0 Å². The number of ether oxygens (including phenoxy) is 1. The number of hydrogen-bond acceptors (Lipinski definition) is 3. The minimum absolute atomic E-state index is 0.288. The third kappa shape index (κ3) is 2.51. The highest BCUT2D eigenvalue weighted by Crippen LogP contribution is 2.29. The number of cyclic esters (lactones) is 1. The van der Waals surface area contributed by atoms with E-state index >= 15 is 0 Å². The first-order chi connectivity index (χ1) is 9.22. The van der Waals surface area contributed by atoms with Gasteiger partial charge in [-0.15, -0.1) is 11.3 Å². The third-order valence-corrected chi connectivity index (χ3v) is 3.77. The van der Waals surface area contributed by atoms with Gasteiger partial charge in [0.05, 0.1) is 10.5 Å². The molecule has 1 aromatic heterocycles. The standard InChI is InChI=1S/C16H12O2S/c1-11-4-6-12(7-5-11)9-13-10-14(18-16(13)17)15-3-2-8-19-15/h2-10H,1H3/b13-9+. The summed E-state index contributed by atoms with van der Waals surface area (Å²) in [7, 11) is 0. The Morgan fingerprint density at radius 3 is 2.63 bits per heavy atom. The Hall–Kier alpha value is -2.13. The predicted molar refractivity (Wildman–Crippen MR) is 77.5 cm³/mol. The molecule has 0 saturated heterocycles. The summed E-state index contributed by atoms with van der Waals surface area (Å²) >= 11 is 1.56. The van der Waals surface area contributed by atoms with Crippen molar-refractivity contribution in [2.45, 2.75) is 6.92 Å². The molecular weight excluding hydrogens is 256 g/mol. The summed E-state index contributed by atoms with van der Waals surface area (Å²) in [6.07, 6.45) is 3.65. The molecule has 0 aliphatic carbocycles. The van der Waals surface area contributed by atoms with E-state index < -0.39 is 0 Å². The zero-order chi connectivity index (χ0) is 13.2. The first kappa shape index (κ1) is 11.9. The SMILES string of the molecule is Cc1ccc(/C=C2\C=C(c3cccs3)OC2=O)cc1. The van der Waals surface area contributed by atoms with Gasteiger partial charge in [-0.2, -0.15) is 0 Å². The van der Waals surface area contributed by atoms with Crippen LogP contribution in [-0.4, -0.2) is 5.97 Å². The van der Waals surface area contributed by atoms with E-state index in [0.717, 1.165) is 10.4 Å². The van der Waals surface area contributed by atoms with Crippen LogP contribution in [0.25, 0.3) is 11.8 Å². The maximum atomic E-state index is 11.8. The largest absolute Gasteiger partial charge is 0.421 e. The topological polar surface area (TPSA) is 26.3 Å². The minimum atomic E-state index is -0.288. The lowest BCUT2D eigenvalue weighted by Gasteiger charge is -1.97. The molecule has 0 N–H and O–H groups in total. The van der Waals surface area contributed by atoms with E-state index in [-0.39, 0.29) is 5.97 Å². The quantitative estimate of drug-likeness (QED) is 0.607. The van der Waals surface area contributed by atoms with E-state index in [2.05, 4.69) is 0 Å². The van der Waals surface area contributed by atoms with Gasteiger partial charge in [0.25, 0.3) is 0 Å². The normalized spacial score (nSPS) is 16.6. The smallest absolute Gasteiger partial charge is 0.343 e. The average molecular weight is 268 g/mol. The van der Waals surface area contributed by atoms with E-state index in [0.29, 0.717) is 11.3 Å². The zero-order valence-electron chi connectivity index (χ0n) is 10.4. The molecule has 3 heteroatoms. The molecule has 0 saturated carbocycles. The molecule has 1 aliphatic heterocycles. The number of aryl methyl sites for hydroxylation is 1. The van der Waals surface area contributed by atoms with E-state index in [4.69, 9.17) is 4.74 Å². The highest BCUT2D eigenvalue weighted by atomic mass is 32.1. The van der Waals surface area contributed by atoms with Gasteiger partial charge in [0.15, 0.2) is 0 Å². The zero-order valence-corrected chi connectivity index (χ0v) is 11.2. The van der Waals surface area contributed by atoms with Gasteiger partial charge in [-0.25, -0.2) is 4.79 Å². The number of esters is 1. The first-order valence-corrected chi connectivity index (χ1v) is 6.86. The molecule has 1 aliphatic rings. The van der Waals surface area contributed by atoms with E-state index in [1.807, 2.05) is 54.8 Å². The van der Waals surface area contributed by atoms with Gasteiger partial charge in [0.1, 0.15) is 5.76 Å². The second-order valence-electron chi connectivity index (χ2n) is 4.39. The number of rotatable bonds is 2. The van der Waals surface area contributed by atoms with Crippen molar-refractivity contribution in [2.75, 3.05) is 0 Å². The van der Waals surface area contributed by atoms with Crippen LogP contribution in [-0.2, 0) is 9.53 Å². The molecule has 2 heterocycles. The molecule has 0 unspecified atom stereocenters. The summed E-state index contributed by atoms with van der Waals surface area (Å²) in [5.41, 5.74) is 2.79. The molecule has 2 nitrogen and oxygen atoms in total. The Morgan fingerprint density at radius 2 is 1.95 bits per heavy atom. The molecule has 0 radical (unpaired) electrons. The van der Waals surface area contributed by atoms with Crippen molar-refractivity contribution in [3.63, 3.8) is 0 Å². The van der Waals surface area contributed by atoms with Crippen molar-refractivity contribution in [3.05, 3.63) is 69.4 Å². The van der Waals surface area contributed by atoms with Crippen molar-refractivity contribution in [2.24, 2.45) is 0 Å². The maximum Gasteiger partial charge on any atom is 0.343 e. The van der Waals surface area contributed by atoms with Crippen molar-refractivity contribution in [1.82, 2.24) is 0 Å². The Kier molecular flexibility index (Phi) is 3.05. The second-order valence-corrected chi connectivity index (χ2v) is 5.33. The number of benzene rings is 1. The average Bonchev–Trinajstić information content (AvgIpc) is 3.03. The molecule has 0 amide bonds. The summed E-state index contributed by atoms with van der Waals surface area (Å²) in [6.45, 7) is 2.04. The highest BCUT2D eigenvalue weighted by Gasteiger charge is 2.22. The third-order valence-electron chi connectivity index (χ3n) is 2.89. The lowest BCUT2D eigenvalue weighted by atomic mass is 10.1. The number of hydrogen-bond donors (Lipinski definition) is 0. The Labute approximate surface area is 115 Å². The van der Waals surface area contributed by atoms with Gasteiger partial charge < -0.3 is 4.74 Å². The molecule has 0 bridgehead atoms. The van der Waals surface area contributed by atoms with E-state index in [1.54, 1.807) is 17.4 Å². The van der Waals surface area contributed by atoms with E-state index in [9.17, 15) is 4.79 Å². The van der Waals surface area contributed by atoms with Crippen LogP contribution < -0.4 is 0 Å². The minimum Gasteiger partial charge on any atom is -0.421 e. The lowest BCUT2D eigenvalue weighted by molar-refractivity contribution is -0.130. The number of carbonyl (C=O) groups excluding carboxylic acids is 1. The van der Waals surface area contributed by atoms with Gasteiger partial charge >= 0.3 is 5.97 Å². The van der Waals surface area contributed by atoms with Crippen LogP contribution in [0, 0.1) is 6.92 Å². The monoisotopic (exact) mass is 268 g/mol. The molecular formula is C16H12O2S. The Balaban J connectivity index is 1.92. The van der Waals surface area contributed by atoms with Gasteiger partial charge in [-0.3, -0.25) is 0 Å². The Bertz CT molecular complexity index is 661. The van der Waals surface area contributed by atoms with Crippen LogP contribution in [0.3, 0.4) is 0 Å². The number of carbonyl (C=O) groups is 1. The van der Waals surface area contributed by atoms with Crippen LogP contribution in [0.5, 0.6) is 0 Å². The van der Waals surface area contributed by atoms with Crippen LogP contribution in [0.4, 0.5) is 0 Å². The van der Waals surface area contributed by atoms with Gasteiger partial charge in [0, 0.05) is 0 Å². The van der Waals surface area contributed by atoms with E-state index in [1.165, 1.54) is 5.56 Å². The van der Waals surface area contributed by atoms with Gasteiger partial charge in [-0.1, -0.05) is 35.9 Å². The fourth-order valence-corrected chi connectivity index (χ4v) is 2.55. The first-order valence-electron chi connectivity index (χ1n) is 5.98. The van der Waals surface area contributed by atoms with Gasteiger partial charge in [0.2, 0.25) is 0 Å². The molecule has 3 rings (SSSR count). The fraction of sp³-hybridized carbons (Fsp3) is 0.0625. The van der Waals surface area contributed by atoms with Gasteiger partial charge in [-0.05, 0) is 36.1 Å². The molecule has 94 valence electrons. The van der Waals surface area contributed by atoms with Crippen LogP contribution in [0.15, 0.2) is 53.4 Å². The van der Waals surface area contributed by atoms with Crippen molar-refractivity contribution in [1.29, 1.82) is 0 Å². The van der Waals surface area contributed by atoms with Crippen molar-refractivity contribution in [3.8, 4) is 0 Å². The highest BCUT2D eigenvalue weighted by molar-refractivity contribution is 7.11. The summed E-state index contributed by atoms with van der Waals surface area (Å²) in [5, 5.41) is 1.96. The van der Waals surface area contributed by atoms with Crippen LogP contribution >= 0.6 is 11.3 Å². The summed E-state index contributed by atoms with van der Waals surface area (Å²) in [6, 6.07) is 11.9. The summed E-state index contributed by atoms with van der Waals surface area (Å²) in [4.78, 5) is 12.8. The molecule has 1 aromatic carbocycles. The molecule has 0 atom stereocenters. The van der Waals surface area contributed by atoms with Crippen molar-refractivity contribution >= 4 is 29.1 Å². The Morgan fingerprint density at radius 1 is 1.16 bits per heavy atom. The number of thiophene rings is 1. The fourth-order valence-electron chi connectivity index (χ4n) is 1.87.